The number of hydrogen-bond donors (Lipinski definition) is 1. The van der Waals surface area contributed by atoms with Gasteiger partial charge in [-0.3, -0.25) is 4.79 Å². The molecule has 2 aromatic rings. The molecule has 0 aliphatic heterocycles. The molecule has 0 saturated heterocycles. The predicted octanol–water partition coefficient (Wildman–Crippen LogP) is 6.10. The van der Waals surface area contributed by atoms with Gasteiger partial charge in [-0.25, -0.2) is 0 Å². The van der Waals surface area contributed by atoms with Crippen molar-refractivity contribution in [1.29, 1.82) is 5.26 Å². The molecule has 5 nitrogen and oxygen atoms in total. The van der Waals surface area contributed by atoms with Gasteiger partial charge in [-0.2, -0.15) is 5.26 Å². The van der Waals surface area contributed by atoms with Crippen LogP contribution in [0.15, 0.2) is 40.4 Å². The van der Waals surface area contributed by atoms with Crippen LogP contribution in [0, 0.1) is 11.3 Å². The summed E-state index contributed by atoms with van der Waals surface area (Å²) in [6.07, 6.45) is 2.29. The topological polar surface area (TPSA) is 71.3 Å². The molecule has 0 heterocycles. The lowest BCUT2D eigenvalue weighted by Gasteiger charge is -2.13. The van der Waals surface area contributed by atoms with Crippen molar-refractivity contribution in [3.05, 3.63) is 56.0 Å². The van der Waals surface area contributed by atoms with Gasteiger partial charge in [0.25, 0.3) is 5.91 Å². The number of methoxy groups -OCH3 is 1. The van der Waals surface area contributed by atoms with Gasteiger partial charge in [0, 0.05) is 0 Å². The summed E-state index contributed by atoms with van der Waals surface area (Å²) in [5, 5.41) is 12.6. The summed E-state index contributed by atoms with van der Waals surface area (Å²) in [6, 6.07) is 10.2. The maximum absolute atomic E-state index is 12.5. The van der Waals surface area contributed by atoms with Gasteiger partial charge in [0.1, 0.15) is 11.6 Å². The van der Waals surface area contributed by atoms with Gasteiger partial charge in [0.15, 0.2) is 11.5 Å². The van der Waals surface area contributed by atoms with Crippen molar-refractivity contribution in [2.24, 2.45) is 0 Å². The lowest BCUT2D eigenvalue weighted by atomic mass is 10.1. The van der Waals surface area contributed by atoms with E-state index in [4.69, 9.17) is 32.7 Å². The molecule has 0 aliphatic carbocycles. The third kappa shape index (κ3) is 5.41. The van der Waals surface area contributed by atoms with E-state index in [-0.39, 0.29) is 21.3 Å². The molecule has 0 atom stereocenters. The van der Waals surface area contributed by atoms with Crippen LogP contribution in [0.25, 0.3) is 6.08 Å². The van der Waals surface area contributed by atoms with E-state index in [9.17, 15) is 10.1 Å². The first-order chi connectivity index (χ1) is 13.4. The smallest absolute Gasteiger partial charge is 0.266 e. The van der Waals surface area contributed by atoms with Gasteiger partial charge < -0.3 is 14.8 Å². The quantitative estimate of drug-likeness (QED) is 0.381. The molecule has 2 rings (SSSR count). The second-order valence-electron chi connectivity index (χ2n) is 5.60. The van der Waals surface area contributed by atoms with E-state index in [1.54, 1.807) is 30.3 Å². The van der Waals surface area contributed by atoms with Crippen molar-refractivity contribution >= 4 is 56.8 Å². The van der Waals surface area contributed by atoms with Crippen molar-refractivity contribution in [3.8, 4) is 17.6 Å². The number of rotatable bonds is 7. The average molecular weight is 484 g/mol. The number of hydrogen-bond acceptors (Lipinski definition) is 4. The highest BCUT2D eigenvalue weighted by Crippen LogP contribution is 2.37. The van der Waals surface area contributed by atoms with Gasteiger partial charge in [-0.05, 0) is 58.3 Å². The molecule has 146 valence electrons. The number of nitrogens with one attached hydrogen (secondary N) is 1. The summed E-state index contributed by atoms with van der Waals surface area (Å²) < 4.78 is 11.7. The number of carbonyl (C=O) groups is 1. The zero-order valence-electron chi connectivity index (χ0n) is 15.2. The molecule has 0 fully saturated rings. The lowest BCUT2D eigenvalue weighted by molar-refractivity contribution is -0.112. The lowest BCUT2D eigenvalue weighted by Crippen LogP contribution is -2.14. The largest absolute Gasteiger partial charge is 0.493 e. The molecule has 8 heteroatoms. The molecule has 28 heavy (non-hydrogen) atoms. The molecule has 0 spiro atoms. The maximum Gasteiger partial charge on any atom is 0.266 e. The number of benzene rings is 2. The molecule has 0 saturated carbocycles. The summed E-state index contributed by atoms with van der Waals surface area (Å²) >= 11 is 15.6. The van der Waals surface area contributed by atoms with Crippen LogP contribution >= 0.6 is 39.1 Å². The van der Waals surface area contributed by atoms with E-state index in [1.807, 2.05) is 13.0 Å². The summed E-state index contributed by atoms with van der Waals surface area (Å²) in [4.78, 5) is 12.5. The number of nitriles is 1. The van der Waals surface area contributed by atoms with Gasteiger partial charge in [-0.15, -0.1) is 0 Å². The fraction of sp³-hybridized carbons (Fsp3) is 0.200. The molecule has 2 aromatic carbocycles. The van der Waals surface area contributed by atoms with Crippen LogP contribution in [-0.4, -0.2) is 19.6 Å². The zero-order valence-corrected chi connectivity index (χ0v) is 18.3. The fourth-order valence-corrected chi connectivity index (χ4v) is 3.35. The number of para-hydroxylation sites is 1. The fourth-order valence-electron chi connectivity index (χ4n) is 2.28. The standard InChI is InChI=1S/C20H17BrCl2N2O3/c1-3-7-28-19-14(21)9-12(10-17(19)27-2)8-13(11-24)20(26)25-18-15(22)5-4-6-16(18)23/h4-6,8-10H,3,7H2,1-2H3,(H,25,26)/b13-8+. The Morgan fingerprint density at radius 1 is 1.32 bits per heavy atom. The van der Waals surface area contributed by atoms with E-state index in [0.717, 1.165) is 6.42 Å². The zero-order chi connectivity index (χ0) is 20.7. The summed E-state index contributed by atoms with van der Waals surface area (Å²) in [7, 11) is 1.52. The van der Waals surface area contributed by atoms with Gasteiger partial charge in [-0.1, -0.05) is 36.2 Å². The van der Waals surface area contributed by atoms with Crippen LogP contribution in [0.3, 0.4) is 0 Å². The first-order valence-corrected chi connectivity index (χ1v) is 9.83. The summed E-state index contributed by atoms with van der Waals surface area (Å²) in [6.45, 7) is 2.54. The minimum atomic E-state index is -0.626. The first-order valence-electron chi connectivity index (χ1n) is 8.28. The van der Waals surface area contributed by atoms with Crippen LogP contribution in [-0.2, 0) is 4.79 Å². The maximum atomic E-state index is 12.5. The van der Waals surface area contributed by atoms with Gasteiger partial charge >= 0.3 is 0 Å². The van der Waals surface area contributed by atoms with Crippen molar-refractivity contribution in [2.75, 3.05) is 19.0 Å². The Labute approximate surface area is 182 Å². The van der Waals surface area contributed by atoms with E-state index in [0.29, 0.717) is 28.1 Å². The van der Waals surface area contributed by atoms with E-state index < -0.39 is 5.91 Å². The average Bonchev–Trinajstić information content (AvgIpc) is 2.67. The Hall–Kier alpha value is -2.20. The van der Waals surface area contributed by atoms with Crippen molar-refractivity contribution in [2.45, 2.75) is 13.3 Å². The number of ether oxygens (including phenoxy) is 2. The van der Waals surface area contributed by atoms with Crippen LogP contribution in [0.1, 0.15) is 18.9 Å². The van der Waals surface area contributed by atoms with Crippen LogP contribution in [0.5, 0.6) is 11.5 Å². The SMILES string of the molecule is CCCOc1c(Br)cc(/C=C(\C#N)C(=O)Nc2c(Cl)cccc2Cl)cc1OC. The van der Waals surface area contributed by atoms with Crippen molar-refractivity contribution < 1.29 is 14.3 Å². The van der Waals surface area contributed by atoms with Crippen molar-refractivity contribution in [3.63, 3.8) is 0 Å². The highest BCUT2D eigenvalue weighted by molar-refractivity contribution is 9.10. The molecule has 0 radical (unpaired) electrons. The number of carbonyl (C=O) groups excluding carboxylic acids is 1. The summed E-state index contributed by atoms with van der Waals surface area (Å²) in [5.41, 5.74) is 0.718. The molecule has 0 aliphatic rings. The van der Waals surface area contributed by atoms with E-state index in [1.165, 1.54) is 13.2 Å². The van der Waals surface area contributed by atoms with Crippen LogP contribution in [0.4, 0.5) is 5.69 Å². The first kappa shape index (κ1) is 22.1. The molecule has 1 amide bonds. The Morgan fingerprint density at radius 3 is 2.57 bits per heavy atom. The Kier molecular flexibility index (Phi) is 8.18. The highest BCUT2D eigenvalue weighted by atomic mass is 79.9. The molecule has 0 unspecified atom stereocenters. The van der Waals surface area contributed by atoms with Gasteiger partial charge in [0.2, 0.25) is 0 Å². The highest BCUT2D eigenvalue weighted by Gasteiger charge is 2.16. The Balaban J connectivity index is 2.34. The molecular weight excluding hydrogens is 467 g/mol. The van der Waals surface area contributed by atoms with Gasteiger partial charge in [0.05, 0.1) is 33.9 Å². The second-order valence-corrected chi connectivity index (χ2v) is 7.27. The number of nitrogens with zero attached hydrogens (tertiary/aromatic N) is 1. The predicted molar refractivity (Wildman–Crippen MR) is 115 cm³/mol. The Morgan fingerprint density at radius 2 is 2.00 bits per heavy atom. The molecular formula is C20H17BrCl2N2O3. The number of halogens is 3. The molecule has 1 N–H and O–H groups in total. The van der Waals surface area contributed by atoms with Crippen LogP contribution in [0.2, 0.25) is 10.0 Å². The van der Waals surface area contributed by atoms with Crippen LogP contribution < -0.4 is 14.8 Å². The minimum Gasteiger partial charge on any atom is -0.493 e. The third-order valence-corrected chi connectivity index (χ3v) is 4.80. The normalized spacial score (nSPS) is 10.9. The van der Waals surface area contributed by atoms with E-state index in [2.05, 4.69) is 21.2 Å². The minimum absolute atomic E-state index is 0.118. The molecule has 0 bridgehead atoms. The number of amides is 1. The monoisotopic (exact) mass is 482 g/mol. The van der Waals surface area contributed by atoms with E-state index >= 15 is 0 Å². The third-order valence-electron chi connectivity index (χ3n) is 3.58. The van der Waals surface area contributed by atoms with Crippen molar-refractivity contribution in [1.82, 2.24) is 0 Å². The second kappa shape index (κ2) is 10.4. The number of anilines is 1. The summed E-state index contributed by atoms with van der Waals surface area (Å²) in [5.74, 6) is 0.423. The Bertz CT molecular complexity index is 935. The molecule has 0 aromatic heterocycles.